The lowest BCUT2D eigenvalue weighted by molar-refractivity contribution is -0.121. The van der Waals surface area contributed by atoms with Gasteiger partial charge in [-0.05, 0) is 30.9 Å². The Hall–Kier alpha value is -1.35. The Bertz CT molecular complexity index is 373. The molecule has 0 heterocycles. The first-order valence-electron chi connectivity index (χ1n) is 6.72. The molecular formula is C15H24N2O. The minimum absolute atomic E-state index is 0.0808. The number of aryl methyl sites for hydroxylation is 1. The summed E-state index contributed by atoms with van der Waals surface area (Å²) in [5.41, 5.74) is 2.50. The van der Waals surface area contributed by atoms with E-state index in [2.05, 4.69) is 43.5 Å². The van der Waals surface area contributed by atoms with Crippen molar-refractivity contribution in [2.75, 3.05) is 6.54 Å². The second-order valence-electron chi connectivity index (χ2n) is 4.61. The van der Waals surface area contributed by atoms with Crippen molar-refractivity contribution in [2.45, 2.75) is 46.2 Å². The highest BCUT2D eigenvalue weighted by Gasteiger charge is 2.07. The van der Waals surface area contributed by atoms with Crippen molar-refractivity contribution in [2.24, 2.45) is 0 Å². The van der Waals surface area contributed by atoms with Crippen LogP contribution in [-0.2, 0) is 11.3 Å². The Morgan fingerprint density at radius 2 is 1.89 bits per heavy atom. The molecule has 0 saturated carbocycles. The van der Waals surface area contributed by atoms with E-state index in [0.29, 0.717) is 12.6 Å². The smallest absolute Gasteiger partial charge is 0.234 e. The van der Waals surface area contributed by atoms with E-state index in [1.807, 2.05) is 12.1 Å². The molecule has 0 atom stereocenters. The van der Waals surface area contributed by atoms with Crippen molar-refractivity contribution < 1.29 is 4.79 Å². The van der Waals surface area contributed by atoms with Gasteiger partial charge in [0.25, 0.3) is 0 Å². The van der Waals surface area contributed by atoms with E-state index in [-0.39, 0.29) is 5.91 Å². The van der Waals surface area contributed by atoms with E-state index in [4.69, 9.17) is 0 Å². The van der Waals surface area contributed by atoms with Gasteiger partial charge in [0.1, 0.15) is 0 Å². The summed E-state index contributed by atoms with van der Waals surface area (Å²) < 4.78 is 0. The van der Waals surface area contributed by atoms with Gasteiger partial charge in [0.2, 0.25) is 5.91 Å². The summed E-state index contributed by atoms with van der Waals surface area (Å²) in [5.74, 6) is 0.0808. The second kappa shape index (κ2) is 7.88. The highest BCUT2D eigenvalue weighted by molar-refractivity contribution is 5.78. The monoisotopic (exact) mass is 248 g/mol. The molecule has 3 heteroatoms. The number of carbonyl (C=O) groups excluding carboxylic acids is 1. The largest absolute Gasteiger partial charge is 0.352 e. The summed E-state index contributed by atoms with van der Waals surface area (Å²) in [4.78, 5) is 11.7. The Labute approximate surface area is 110 Å². The molecule has 2 N–H and O–H groups in total. The molecule has 1 aromatic carbocycles. The number of benzene rings is 1. The third-order valence-electron chi connectivity index (χ3n) is 3.21. The molecule has 0 aliphatic heterocycles. The molecule has 1 amide bonds. The van der Waals surface area contributed by atoms with Gasteiger partial charge in [-0.1, -0.05) is 38.1 Å². The molecule has 0 aliphatic carbocycles. The van der Waals surface area contributed by atoms with Gasteiger partial charge >= 0.3 is 0 Å². The first-order chi connectivity index (χ1) is 8.67. The van der Waals surface area contributed by atoms with Crippen molar-refractivity contribution in [1.29, 1.82) is 0 Å². The predicted octanol–water partition coefficient (Wildman–Crippen LogP) is 2.39. The van der Waals surface area contributed by atoms with E-state index in [0.717, 1.165) is 19.4 Å². The number of nitrogens with one attached hydrogen (secondary N) is 2. The van der Waals surface area contributed by atoms with Crippen LogP contribution < -0.4 is 10.6 Å². The van der Waals surface area contributed by atoms with Crippen LogP contribution in [0.2, 0.25) is 0 Å². The van der Waals surface area contributed by atoms with Crippen molar-refractivity contribution in [3.8, 4) is 0 Å². The van der Waals surface area contributed by atoms with Crippen molar-refractivity contribution in [3.63, 3.8) is 0 Å². The lowest BCUT2D eigenvalue weighted by Crippen LogP contribution is -2.39. The molecule has 0 fully saturated rings. The molecule has 0 bridgehead atoms. The van der Waals surface area contributed by atoms with Crippen LogP contribution in [0.1, 0.15) is 37.8 Å². The van der Waals surface area contributed by atoms with Gasteiger partial charge in [0.15, 0.2) is 0 Å². The molecule has 18 heavy (non-hydrogen) atoms. The molecule has 3 nitrogen and oxygen atoms in total. The normalized spacial score (nSPS) is 10.7. The summed E-state index contributed by atoms with van der Waals surface area (Å²) in [6, 6.07) is 8.52. The third-order valence-corrected chi connectivity index (χ3v) is 3.21. The van der Waals surface area contributed by atoms with Gasteiger partial charge in [0, 0.05) is 12.6 Å². The number of carbonyl (C=O) groups is 1. The van der Waals surface area contributed by atoms with Gasteiger partial charge in [-0.25, -0.2) is 0 Å². The zero-order valence-corrected chi connectivity index (χ0v) is 11.6. The molecule has 100 valence electrons. The van der Waals surface area contributed by atoms with E-state index < -0.39 is 0 Å². The minimum Gasteiger partial charge on any atom is -0.352 e. The minimum atomic E-state index is 0.0808. The fourth-order valence-electron chi connectivity index (χ4n) is 1.89. The quantitative estimate of drug-likeness (QED) is 0.778. The Morgan fingerprint density at radius 3 is 2.50 bits per heavy atom. The van der Waals surface area contributed by atoms with Gasteiger partial charge in [0.05, 0.1) is 6.54 Å². The number of amides is 1. The topological polar surface area (TPSA) is 41.1 Å². The SMILES string of the molecule is CCC(CC)NC(=O)CNCc1ccccc1C. The van der Waals surface area contributed by atoms with Gasteiger partial charge in [-0.15, -0.1) is 0 Å². The Morgan fingerprint density at radius 1 is 1.22 bits per heavy atom. The average Bonchev–Trinajstić information content (AvgIpc) is 2.38. The summed E-state index contributed by atoms with van der Waals surface area (Å²) in [7, 11) is 0. The summed E-state index contributed by atoms with van der Waals surface area (Å²) >= 11 is 0. The van der Waals surface area contributed by atoms with E-state index >= 15 is 0 Å². The second-order valence-corrected chi connectivity index (χ2v) is 4.61. The van der Waals surface area contributed by atoms with Crippen LogP contribution in [0.3, 0.4) is 0 Å². The van der Waals surface area contributed by atoms with Crippen LogP contribution in [0, 0.1) is 6.92 Å². The van der Waals surface area contributed by atoms with Gasteiger partial charge in [-0.3, -0.25) is 4.79 Å². The molecule has 0 unspecified atom stereocenters. The van der Waals surface area contributed by atoms with Crippen LogP contribution in [0.25, 0.3) is 0 Å². The molecular weight excluding hydrogens is 224 g/mol. The van der Waals surface area contributed by atoms with Crippen molar-refractivity contribution >= 4 is 5.91 Å². The number of rotatable bonds is 7. The highest BCUT2D eigenvalue weighted by Crippen LogP contribution is 2.05. The number of hydrogen-bond acceptors (Lipinski definition) is 2. The Kier molecular flexibility index (Phi) is 6.44. The van der Waals surface area contributed by atoms with Crippen LogP contribution in [0.15, 0.2) is 24.3 Å². The highest BCUT2D eigenvalue weighted by atomic mass is 16.1. The first-order valence-corrected chi connectivity index (χ1v) is 6.72. The maximum Gasteiger partial charge on any atom is 0.234 e. The van der Waals surface area contributed by atoms with Crippen LogP contribution in [-0.4, -0.2) is 18.5 Å². The molecule has 0 saturated heterocycles. The van der Waals surface area contributed by atoms with E-state index in [1.165, 1.54) is 11.1 Å². The molecule has 0 spiro atoms. The van der Waals surface area contributed by atoms with Crippen molar-refractivity contribution in [1.82, 2.24) is 10.6 Å². The fraction of sp³-hybridized carbons (Fsp3) is 0.533. The fourth-order valence-corrected chi connectivity index (χ4v) is 1.89. The predicted molar refractivity (Wildman–Crippen MR) is 75.4 cm³/mol. The van der Waals surface area contributed by atoms with Crippen LogP contribution >= 0.6 is 0 Å². The van der Waals surface area contributed by atoms with E-state index in [9.17, 15) is 4.79 Å². The standard InChI is InChI=1S/C15H24N2O/c1-4-14(5-2)17-15(18)11-16-10-13-9-7-6-8-12(13)3/h6-9,14,16H,4-5,10-11H2,1-3H3,(H,17,18). The zero-order chi connectivity index (χ0) is 13.4. The van der Waals surface area contributed by atoms with Crippen LogP contribution in [0.4, 0.5) is 0 Å². The lowest BCUT2D eigenvalue weighted by Gasteiger charge is -2.15. The maximum atomic E-state index is 11.7. The molecule has 0 aromatic heterocycles. The lowest BCUT2D eigenvalue weighted by atomic mass is 10.1. The number of hydrogen-bond donors (Lipinski definition) is 2. The van der Waals surface area contributed by atoms with Crippen LogP contribution in [0.5, 0.6) is 0 Å². The molecule has 0 radical (unpaired) electrons. The average molecular weight is 248 g/mol. The van der Waals surface area contributed by atoms with E-state index in [1.54, 1.807) is 0 Å². The third kappa shape index (κ3) is 4.88. The molecule has 1 rings (SSSR count). The van der Waals surface area contributed by atoms with Crippen molar-refractivity contribution in [3.05, 3.63) is 35.4 Å². The summed E-state index contributed by atoms with van der Waals surface area (Å²) in [6.45, 7) is 7.39. The van der Waals surface area contributed by atoms with Gasteiger partial charge < -0.3 is 10.6 Å². The zero-order valence-electron chi connectivity index (χ0n) is 11.6. The summed E-state index contributed by atoms with van der Waals surface area (Å²) in [5, 5.41) is 6.20. The summed E-state index contributed by atoms with van der Waals surface area (Å²) in [6.07, 6.45) is 1.97. The first kappa shape index (κ1) is 14.7. The maximum absolute atomic E-state index is 11.7. The molecule has 1 aromatic rings. The Balaban J connectivity index is 2.29. The van der Waals surface area contributed by atoms with Gasteiger partial charge in [-0.2, -0.15) is 0 Å². The molecule has 0 aliphatic rings.